The van der Waals surface area contributed by atoms with Gasteiger partial charge in [-0.2, -0.15) is 0 Å². The third-order valence-corrected chi connectivity index (χ3v) is 2.12. The van der Waals surface area contributed by atoms with Crippen LogP contribution in [0.15, 0.2) is 0 Å². The van der Waals surface area contributed by atoms with Gasteiger partial charge in [0.1, 0.15) is 0 Å². The second-order valence-electron chi connectivity index (χ2n) is 3.50. The summed E-state index contributed by atoms with van der Waals surface area (Å²) < 4.78 is 5.40. The number of rotatable bonds is 2. The summed E-state index contributed by atoms with van der Waals surface area (Å²) in [5.41, 5.74) is 0.396. The van der Waals surface area contributed by atoms with Gasteiger partial charge in [0, 0.05) is 18.6 Å². The molecule has 0 aromatic carbocycles. The van der Waals surface area contributed by atoms with Crippen LogP contribution in [0.1, 0.15) is 19.8 Å². The lowest BCUT2D eigenvalue weighted by Gasteiger charge is -2.32. The molecule has 2 nitrogen and oxygen atoms in total. The third kappa shape index (κ3) is 1.96. The van der Waals surface area contributed by atoms with Gasteiger partial charge >= 0.3 is 0 Å². The Kier molecular flexibility index (Phi) is 2.69. The Hall–Kier alpha value is -0.0800. The average Bonchev–Trinajstić information content (AvgIpc) is 1.89. The minimum atomic E-state index is 0.396. The maximum absolute atomic E-state index is 5.40. The van der Waals surface area contributed by atoms with Gasteiger partial charge in [-0.3, -0.25) is 0 Å². The monoisotopic (exact) mass is 143 g/mol. The Labute approximate surface area is 63.0 Å². The van der Waals surface area contributed by atoms with Crippen molar-refractivity contribution in [3.8, 4) is 0 Å². The van der Waals surface area contributed by atoms with Crippen molar-refractivity contribution in [2.45, 2.75) is 19.8 Å². The van der Waals surface area contributed by atoms with Gasteiger partial charge in [-0.15, -0.1) is 0 Å². The van der Waals surface area contributed by atoms with Gasteiger partial charge in [-0.25, -0.2) is 0 Å². The second kappa shape index (κ2) is 3.35. The zero-order chi connectivity index (χ0) is 7.45. The molecule has 0 radical (unpaired) electrons. The molecule has 1 fully saturated rings. The second-order valence-corrected chi connectivity index (χ2v) is 3.50. The van der Waals surface area contributed by atoms with E-state index in [4.69, 9.17) is 4.74 Å². The van der Waals surface area contributed by atoms with E-state index < -0.39 is 0 Å². The van der Waals surface area contributed by atoms with Gasteiger partial charge in [-0.05, 0) is 19.9 Å². The molecule has 0 aromatic heterocycles. The minimum Gasteiger partial charge on any atom is -0.381 e. The van der Waals surface area contributed by atoms with Crippen molar-refractivity contribution in [3.63, 3.8) is 0 Å². The van der Waals surface area contributed by atoms with E-state index in [9.17, 15) is 0 Å². The van der Waals surface area contributed by atoms with Crippen LogP contribution in [0, 0.1) is 5.41 Å². The predicted molar refractivity (Wildman–Crippen MR) is 42.1 cm³/mol. The lowest BCUT2D eigenvalue weighted by molar-refractivity contribution is 0.00403. The van der Waals surface area contributed by atoms with Gasteiger partial charge in [-0.1, -0.05) is 6.92 Å². The highest BCUT2D eigenvalue weighted by Crippen LogP contribution is 2.26. The lowest BCUT2D eigenvalue weighted by atomic mass is 9.85. The van der Waals surface area contributed by atoms with E-state index in [1.165, 1.54) is 12.8 Å². The van der Waals surface area contributed by atoms with Crippen LogP contribution in [0.2, 0.25) is 0 Å². The van der Waals surface area contributed by atoms with Crippen LogP contribution in [0.25, 0.3) is 0 Å². The number of ether oxygens (including phenoxy) is 1. The van der Waals surface area contributed by atoms with Crippen molar-refractivity contribution in [1.82, 2.24) is 5.32 Å². The Bertz CT molecular complexity index is 91.9. The largest absolute Gasteiger partial charge is 0.381 e. The summed E-state index contributed by atoms with van der Waals surface area (Å²) in [6.07, 6.45) is 2.52. The lowest BCUT2D eigenvalue weighted by Crippen LogP contribution is -2.37. The first-order valence-corrected chi connectivity index (χ1v) is 3.99. The molecular formula is C8H17NO. The minimum absolute atomic E-state index is 0.396. The molecule has 2 heteroatoms. The average molecular weight is 143 g/mol. The van der Waals surface area contributed by atoms with Gasteiger partial charge in [0.2, 0.25) is 0 Å². The van der Waals surface area contributed by atoms with Crippen molar-refractivity contribution >= 4 is 0 Å². The van der Waals surface area contributed by atoms with Crippen LogP contribution in [0.3, 0.4) is 0 Å². The molecule has 0 spiro atoms. The summed E-state index contributed by atoms with van der Waals surface area (Å²) in [5.74, 6) is 0. The van der Waals surface area contributed by atoms with Crippen molar-refractivity contribution in [1.29, 1.82) is 0 Å². The number of hydrogen-bond acceptors (Lipinski definition) is 2. The first-order valence-electron chi connectivity index (χ1n) is 3.99. The standard InChI is InChI=1S/C8H17NO/c1-8(6-9-2)4-3-5-10-7-8/h9H,3-7H2,1-2H3. The van der Waals surface area contributed by atoms with Gasteiger partial charge < -0.3 is 10.1 Å². The van der Waals surface area contributed by atoms with Crippen LogP contribution in [0.5, 0.6) is 0 Å². The predicted octanol–water partition coefficient (Wildman–Crippen LogP) is 1.02. The molecule has 1 saturated heterocycles. The van der Waals surface area contributed by atoms with Crippen LogP contribution in [0.4, 0.5) is 0 Å². The zero-order valence-electron chi connectivity index (χ0n) is 6.94. The van der Waals surface area contributed by atoms with Crippen LogP contribution in [-0.2, 0) is 4.74 Å². The zero-order valence-corrected chi connectivity index (χ0v) is 6.94. The van der Waals surface area contributed by atoms with E-state index in [0.717, 1.165) is 19.8 Å². The molecule has 0 amide bonds. The number of nitrogens with one attached hydrogen (secondary N) is 1. The quantitative estimate of drug-likeness (QED) is 0.623. The van der Waals surface area contributed by atoms with E-state index in [0.29, 0.717) is 5.41 Å². The molecule has 1 rings (SSSR count). The Morgan fingerprint density at radius 1 is 1.60 bits per heavy atom. The van der Waals surface area contributed by atoms with Crippen molar-refractivity contribution in [3.05, 3.63) is 0 Å². The maximum Gasteiger partial charge on any atom is 0.0531 e. The molecule has 0 aromatic rings. The smallest absolute Gasteiger partial charge is 0.0531 e. The van der Waals surface area contributed by atoms with E-state index in [1.54, 1.807) is 0 Å². The summed E-state index contributed by atoms with van der Waals surface area (Å²) in [5, 5.41) is 3.20. The third-order valence-electron chi connectivity index (χ3n) is 2.12. The Balaban J connectivity index is 2.32. The SMILES string of the molecule is CNCC1(C)CCCOC1. The molecule has 1 atom stereocenters. The molecule has 1 aliphatic rings. The molecule has 0 aliphatic carbocycles. The Morgan fingerprint density at radius 2 is 2.40 bits per heavy atom. The number of hydrogen-bond donors (Lipinski definition) is 1. The fraction of sp³-hybridized carbons (Fsp3) is 1.00. The van der Waals surface area contributed by atoms with E-state index in [-0.39, 0.29) is 0 Å². The van der Waals surface area contributed by atoms with Crippen LogP contribution < -0.4 is 5.32 Å². The normalized spacial score (nSPS) is 34.2. The van der Waals surface area contributed by atoms with Gasteiger partial charge in [0.15, 0.2) is 0 Å². The van der Waals surface area contributed by atoms with Gasteiger partial charge in [0.05, 0.1) is 6.61 Å². The molecule has 0 saturated carbocycles. The summed E-state index contributed by atoms with van der Waals surface area (Å²) in [6.45, 7) is 5.24. The molecule has 1 heterocycles. The molecule has 1 aliphatic heterocycles. The molecule has 1 N–H and O–H groups in total. The highest BCUT2D eigenvalue weighted by atomic mass is 16.5. The first-order chi connectivity index (χ1) is 4.77. The van der Waals surface area contributed by atoms with Crippen LogP contribution in [-0.4, -0.2) is 26.8 Å². The summed E-state index contributed by atoms with van der Waals surface area (Å²) in [4.78, 5) is 0. The first kappa shape index (κ1) is 8.02. The highest BCUT2D eigenvalue weighted by molar-refractivity contribution is 4.78. The fourth-order valence-electron chi connectivity index (χ4n) is 1.56. The maximum atomic E-state index is 5.40. The highest BCUT2D eigenvalue weighted by Gasteiger charge is 2.26. The molecular weight excluding hydrogens is 126 g/mol. The fourth-order valence-corrected chi connectivity index (χ4v) is 1.56. The van der Waals surface area contributed by atoms with Crippen molar-refractivity contribution < 1.29 is 4.74 Å². The Morgan fingerprint density at radius 3 is 2.90 bits per heavy atom. The van der Waals surface area contributed by atoms with E-state index >= 15 is 0 Å². The van der Waals surface area contributed by atoms with Gasteiger partial charge in [0.25, 0.3) is 0 Å². The molecule has 0 bridgehead atoms. The molecule has 1 unspecified atom stereocenters. The van der Waals surface area contributed by atoms with Crippen molar-refractivity contribution in [2.24, 2.45) is 5.41 Å². The summed E-state index contributed by atoms with van der Waals surface area (Å²) in [6, 6.07) is 0. The molecule has 60 valence electrons. The van der Waals surface area contributed by atoms with Crippen molar-refractivity contribution in [2.75, 3.05) is 26.8 Å². The topological polar surface area (TPSA) is 21.3 Å². The summed E-state index contributed by atoms with van der Waals surface area (Å²) in [7, 11) is 2.00. The molecule has 10 heavy (non-hydrogen) atoms. The van der Waals surface area contributed by atoms with E-state index in [2.05, 4.69) is 12.2 Å². The van der Waals surface area contributed by atoms with E-state index in [1.807, 2.05) is 7.05 Å². The summed E-state index contributed by atoms with van der Waals surface area (Å²) >= 11 is 0. The van der Waals surface area contributed by atoms with Crippen LogP contribution >= 0.6 is 0 Å².